The first-order valence-corrected chi connectivity index (χ1v) is 18.9. The maximum absolute atomic E-state index is 11.8. The van der Waals surface area contributed by atoms with Crippen LogP contribution in [0.4, 0.5) is 11.6 Å². The van der Waals surface area contributed by atoms with Crippen LogP contribution in [0.5, 0.6) is 0 Å². The van der Waals surface area contributed by atoms with E-state index in [0.717, 1.165) is 57.0 Å². The van der Waals surface area contributed by atoms with E-state index in [-0.39, 0.29) is 11.9 Å². The molecule has 42 heavy (non-hydrogen) atoms. The Kier molecular flexibility index (Phi) is 9.76. The van der Waals surface area contributed by atoms with Crippen molar-refractivity contribution in [2.75, 3.05) is 50.0 Å². The van der Waals surface area contributed by atoms with Crippen LogP contribution >= 0.6 is 0 Å². The molecule has 1 fully saturated rings. The number of nitrogens with zero attached hydrogens (tertiary/aromatic N) is 6. The molecule has 0 saturated carbocycles. The van der Waals surface area contributed by atoms with Crippen molar-refractivity contribution in [1.82, 2.24) is 29.5 Å². The van der Waals surface area contributed by atoms with Gasteiger partial charge in [-0.05, 0) is 36.4 Å². The van der Waals surface area contributed by atoms with E-state index >= 15 is 0 Å². The number of fused-ring (bicyclic) bond motifs is 2. The average molecular weight is 595 g/mol. The van der Waals surface area contributed by atoms with Crippen LogP contribution in [-0.4, -0.2) is 100 Å². The molecule has 3 N–H and O–H groups in total. The van der Waals surface area contributed by atoms with Crippen molar-refractivity contribution >= 4 is 36.7 Å². The summed E-state index contributed by atoms with van der Waals surface area (Å²) in [5, 5.41) is 22.7. The number of likely N-dealkylation sites (tertiary alicyclic amines) is 1. The van der Waals surface area contributed by atoms with E-state index in [1.807, 2.05) is 9.58 Å². The Morgan fingerprint density at radius 1 is 1.12 bits per heavy atom. The molecule has 1 atom stereocenters. The van der Waals surface area contributed by atoms with Crippen molar-refractivity contribution in [3.63, 3.8) is 0 Å². The zero-order valence-corrected chi connectivity index (χ0v) is 26.5. The SMILES string of the molecule is CC(=O)N1CCC(Nc2ncnc3c(NCC(O)CN4CCc5ccccc5C4)nn(COCC[Si](C)(C)C)c23)CC1. The second-order valence-electron chi connectivity index (χ2n) is 12.8. The Hall–Kier alpha value is -3.06. The molecule has 2 aliphatic rings. The van der Waals surface area contributed by atoms with E-state index in [4.69, 9.17) is 9.84 Å². The third kappa shape index (κ3) is 7.85. The number of hydrogen-bond donors (Lipinski definition) is 3. The van der Waals surface area contributed by atoms with E-state index < -0.39 is 14.2 Å². The number of β-amino-alcohol motifs (C(OH)–C–C–N with tert-alkyl or cyclic N) is 1. The van der Waals surface area contributed by atoms with Crippen LogP contribution in [0.15, 0.2) is 30.6 Å². The number of aliphatic hydroxyl groups excluding tert-OH is 1. The largest absolute Gasteiger partial charge is 0.390 e. The lowest BCUT2D eigenvalue weighted by Crippen LogP contribution is -2.41. The summed E-state index contributed by atoms with van der Waals surface area (Å²) in [6, 6.07) is 9.81. The minimum Gasteiger partial charge on any atom is -0.390 e. The highest BCUT2D eigenvalue weighted by molar-refractivity contribution is 6.76. The summed E-state index contributed by atoms with van der Waals surface area (Å²) in [6.45, 7) is 13.8. The molecule has 2 aliphatic heterocycles. The van der Waals surface area contributed by atoms with Gasteiger partial charge in [-0.25, -0.2) is 14.6 Å². The Balaban J connectivity index is 1.27. The van der Waals surface area contributed by atoms with Gasteiger partial charge in [0, 0.05) is 66.9 Å². The first-order valence-electron chi connectivity index (χ1n) is 15.2. The molecule has 1 unspecified atom stereocenters. The molecule has 1 saturated heterocycles. The van der Waals surface area contributed by atoms with Gasteiger partial charge in [0.15, 0.2) is 11.6 Å². The van der Waals surface area contributed by atoms with Gasteiger partial charge in [0.2, 0.25) is 5.91 Å². The number of carbonyl (C=O) groups is 1. The second kappa shape index (κ2) is 13.5. The van der Waals surface area contributed by atoms with Gasteiger partial charge in [-0.2, -0.15) is 5.10 Å². The van der Waals surface area contributed by atoms with Crippen LogP contribution in [0, 0.1) is 0 Å². The molecule has 12 heteroatoms. The quantitative estimate of drug-likeness (QED) is 0.214. The summed E-state index contributed by atoms with van der Waals surface area (Å²) < 4.78 is 7.90. The summed E-state index contributed by atoms with van der Waals surface area (Å²) in [5.41, 5.74) is 4.22. The van der Waals surface area contributed by atoms with Gasteiger partial charge in [-0.15, -0.1) is 0 Å². The second-order valence-corrected chi connectivity index (χ2v) is 18.5. The van der Waals surface area contributed by atoms with Crippen molar-refractivity contribution in [1.29, 1.82) is 0 Å². The van der Waals surface area contributed by atoms with Crippen LogP contribution in [0.1, 0.15) is 30.9 Å². The van der Waals surface area contributed by atoms with Crippen LogP contribution in [0.25, 0.3) is 11.0 Å². The number of nitrogens with one attached hydrogen (secondary N) is 2. The molecule has 228 valence electrons. The van der Waals surface area contributed by atoms with Crippen molar-refractivity contribution in [2.24, 2.45) is 0 Å². The number of benzene rings is 1. The lowest BCUT2D eigenvalue weighted by molar-refractivity contribution is -0.129. The summed E-state index contributed by atoms with van der Waals surface area (Å²) in [5.74, 6) is 1.44. The lowest BCUT2D eigenvalue weighted by atomic mass is 10.00. The molecule has 0 radical (unpaired) electrons. The monoisotopic (exact) mass is 594 g/mol. The van der Waals surface area contributed by atoms with Crippen LogP contribution in [-0.2, 0) is 29.2 Å². The molecule has 3 aromatic rings. The molecule has 5 rings (SSSR count). The number of carbonyl (C=O) groups excluding carboxylic acids is 1. The molecule has 0 spiro atoms. The Bertz CT molecular complexity index is 1350. The van der Waals surface area contributed by atoms with Gasteiger partial charge >= 0.3 is 0 Å². The third-order valence-corrected chi connectivity index (χ3v) is 9.90. The molecule has 4 heterocycles. The highest BCUT2D eigenvalue weighted by Crippen LogP contribution is 2.28. The maximum Gasteiger partial charge on any atom is 0.219 e. The topological polar surface area (TPSA) is 121 Å². The van der Waals surface area contributed by atoms with Crippen LogP contribution < -0.4 is 10.6 Å². The van der Waals surface area contributed by atoms with Crippen LogP contribution in [0.3, 0.4) is 0 Å². The lowest BCUT2D eigenvalue weighted by Gasteiger charge is -2.32. The number of anilines is 2. The molecule has 0 aliphatic carbocycles. The fourth-order valence-corrected chi connectivity index (χ4v) is 6.44. The molecular formula is C30H46N8O3Si. The molecule has 0 bridgehead atoms. The van der Waals surface area contributed by atoms with Crippen molar-refractivity contribution in [3.05, 3.63) is 41.7 Å². The van der Waals surface area contributed by atoms with E-state index in [2.05, 4.69) is 69.4 Å². The summed E-state index contributed by atoms with van der Waals surface area (Å²) in [6.07, 6.45) is 3.70. The predicted molar refractivity (Wildman–Crippen MR) is 168 cm³/mol. The van der Waals surface area contributed by atoms with E-state index in [9.17, 15) is 9.90 Å². The number of aromatic nitrogens is 4. The first-order chi connectivity index (χ1) is 20.2. The average Bonchev–Trinajstić information content (AvgIpc) is 3.32. The summed E-state index contributed by atoms with van der Waals surface area (Å²) in [7, 11) is -1.23. The van der Waals surface area contributed by atoms with Gasteiger partial charge in [-0.1, -0.05) is 43.9 Å². The Morgan fingerprint density at radius 2 is 1.88 bits per heavy atom. The van der Waals surface area contributed by atoms with Gasteiger partial charge in [0.1, 0.15) is 24.1 Å². The standard InChI is InChI=1S/C30H46N8O3Si/c1-22(39)37-13-10-25(11-14-37)34-30-28-27(32-20-33-30)29(35-38(28)21-41-15-16-42(2,3)4)31-17-26(40)19-36-12-9-23-7-5-6-8-24(23)18-36/h5-8,20,25-26,40H,9-19,21H2,1-4H3,(H,31,35)(H,32,33,34). The highest BCUT2D eigenvalue weighted by Gasteiger charge is 2.25. The van der Waals surface area contributed by atoms with Crippen molar-refractivity contribution in [3.8, 4) is 0 Å². The van der Waals surface area contributed by atoms with E-state index in [1.165, 1.54) is 11.1 Å². The molecule has 1 aromatic carbocycles. The van der Waals surface area contributed by atoms with Crippen molar-refractivity contribution < 1.29 is 14.6 Å². The number of aliphatic hydroxyl groups is 1. The minimum atomic E-state index is -1.23. The zero-order valence-electron chi connectivity index (χ0n) is 25.5. The fraction of sp³-hybridized carbons (Fsp3) is 0.600. The van der Waals surface area contributed by atoms with E-state index in [1.54, 1.807) is 13.3 Å². The maximum atomic E-state index is 11.8. The van der Waals surface area contributed by atoms with Gasteiger partial charge in [-0.3, -0.25) is 9.69 Å². The van der Waals surface area contributed by atoms with Gasteiger partial charge in [0.05, 0.1) is 6.10 Å². The Labute approximate surface area is 249 Å². The predicted octanol–water partition coefficient (Wildman–Crippen LogP) is 3.39. The minimum absolute atomic E-state index is 0.120. The molecule has 2 aromatic heterocycles. The number of piperidine rings is 1. The first kappa shape index (κ1) is 30.4. The Morgan fingerprint density at radius 3 is 2.62 bits per heavy atom. The smallest absolute Gasteiger partial charge is 0.219 e. The van der Waals surface area contributed by atoms with Crippen molar-refractivity contribution in [2.45, 2.75) is 77.3 Å². The number of hydrogen-bond acceptors (Lipinski definition) is 9. The highest BCUT2D eigenvalue weighted by atomic mass is 28.3. The fourth-order valence-electron chi connectivity index (χ4n) is 5.68. The molecule has 1 amide bonds. The third-order valence-electron chi connectivity index (χ3n) is 8.20. The zero-order chi connectivity index (χ0) is 29.7. The summed E-state index contributed by atoms with van der Waals surface area (Å²) >= 11 is 0. The molecule has 11 nitrogen and oxygen atoms in total. The van der Waals surface area contributed by atoms with Crippen LogP contribution in [0.2, 0.25) is 25.7 Å². The van der Waals surface area contributed by atoms with Gasteiger partial charge in [0.25, 0.3) is 0 Å². The number of amides is 1. The van der Waals surface area contributed by atoms with E-state index in [0.29, 0.717) is 43.6 Å². The van der Waals surface area contributed by atoms with Gasteiger partial charge < -0.3 is 25.4 Å². The normalized spacial score (nSPS) is 17.3. The summed E-state index contributed by atoms with van der Waals surface area (Å²) in [4.78, 5) is 25.1. The number of ether oxygens (including phenoxy) is 1. The number of rotatable bonds is 12. The molecular weight excluding hydrogens is 548 g/mol.